The molecule has 0 aromatic heterocycles. The van der Waals surface area contributed by atoms with E-state index in [1.54, 1.807) is 0 Å². The number of hydrogen-bond acceptors (Lipinski definition) is 2. The van der Waals surface area contributed by atoms with Crippen LogP contribution in [0.5, 0.6) is 0 Å². The summed E-state index contributed by atoms with van der Waals surface area (Å²) in [6.07, 6.45) is 4.83. The topological polar surface area (TPSA) is 55.1 Å². The van der Waals surface area contributed by atoms with Gasteiger partial charge in [-0.15, -0.1) is 0 Å². The summed E-state index contributed by atoms with van der Waals surface area (Å²) < 4.78 is 13.0. The van der Waals surface area contributed by atoms with Crippen molar-refractivity contribution in [2.75, 3.05) is 12.3 Å². The summed E-state index contributed by atoms with van der Waals surface area (Å²) in [5.74, 6) is 0.0184. The Morgan fingerprint density at radius 3 is 2.88 bits per heavy atom. The highest BCUT2D eigenvalue weighted by molar-refractivity contribution is 5.99. The minimum Gasteiger partial charge on any atom is -0.398 e. The zero-order chi connectivity index (χ0) is 12.3. The number of carbonyl (C=O) groups excluding carboxylic acids is 1. The highest BCUT2D eigenvalue weighted by atomic mass is 19.1. The molecule has 3 N–H and O–H groups in total. The molecule has 3 nitrogen and oxygen atoms in total. The van der Waals surface area contributed by atoms with Crippen LogP contribution in [0.25, 0.3) is 0 Å². The van der Waals surface area contributed by atoms with Gasteiger partial charge in [0.1, 0.15) is 5.82 Å². The molecule has 1 aliphatic carbocycles. The van der Waals surface area contributed by atoms with E-state index >= 15 is 0 Å². The minimum atomic E-state index is -0.441. The second kappa shape index (κ2) is 5.17. The molecule has 0 spiro atoms. The van der Waals surface area contributed by atoms with Gasteiger partial charge in [0.15, 0.2) is 0 Å². The van der Waals surface area contributed by atoms with Gasteiger partial charge in [-0.3, -0.25) is 4.79 Å². The van der Waals surface area contributed by atoms with Gasteiger partial charge in [-0.1, -0.05) is 19.3 Å². The smallest absolute Gasteiger partial charge is 0.253 e. The summed E-state index contributed by atoms with van der Waals surface area (Å²) in [4.78, 5) is 11.7. The molecule has 0 unspecified atom stereocenters. The Morgan fingerprint density at radius 1 is 1.47 bits per heavy atom. The second-order valence-electron chi connectivity index (χ2n) is 4.57. The van der Waals surface area contributed by atoms with Crippen molar-refractivity contribution in [2.24, 2.45) is 5.92 Å². The number of benzene rings is 1. The van der Waals surface area contributed by atoms with Crippen LogP contribution in [0.15, 0.2) is 18.2 Å². The molecule has 1 amide bonds. The predicted octanol–water partition coefficient (Wildman–Crippen LogP) is 2.33. The number of anilines is 1. The molecule has 0 radical (unpaired) electrons. The molecule has 0 heterocycles. The molecule has 2 rings (SSSR count). The van der Waals surface area contributed by atoms with Gasteiger partial charge in [0.05, 0.1) is 5.56 Å². The van der Waals surface area contributed by atoms with Gasteiger partial charge >= 0.3 is 0 Å². The van der Waals surface area contributed by atoms with Gasteiger partial charge in [-0.05, 0) is 30.5 Å². The number of carbonyl (C=O) groups is 1. The molecule has 1 aromatic rings. The number of nitrogen functional groups attached to an aromatic ring is 1. The van der Waals surface area contributed by atoms with E-state index in [2.05, 4.69) is 5.32 Å². The Morgan fingerprint density at radius 2 is 2.24 bits per heavy atom. The third-order valence-electron chi connectivity index (χ3n) is 3.32. The quantitative estimate of drug-likeness (QED) is 0.788. The Kier molecular flexibility index (Phi) is 3.61. The lowest BCUT2D eigenvalue weighted by Gasteiger charge is -2.25. The van der Waals surface area contributed by atoms with Crippen LogP contribution in [0.4, 0.5) is 10.1 Å². The molecular formula is C13H17FN2O. The van der Waals surface area contributed by atoms with Crippen LogP contribution in [0.3, 0.4) is 0 Å². The Balaban J connectivity index is 1.87. The molecule has 0 aliphatic heterocycles. The highest BCUT2D eigenvalue weighted by Gasteiger charge is 2.17. The first-order chi connectivity index (χ1) is 8.16. The van der Waals surface area contributed by atoms with E-state index in [0.717, 1.165) is 12.3 Å². The maximum absolute atomic E-state index is 13.0. The SMILES string of the molecule is Nc1ccc(F)cc1C(=O)NCCC1CCC1. The predicted molar refractivity (Wildman–Crippen MR) is 65.1 cm³/mol. The molecule has 1 saturated carbocycles. The Bertz CT molecular complexity index is 416. The summed E-state index contributed by atoms with van der Waals surface area (Å²) >= 11 is 0. The third-order valence-corrected chi connectivity index (χ3v) is 3.32. The Hall–Kier alpha value is -1.58. The molecule has 1 fully saturated rings. The van der Waals surface area contributed by atoms with Crippen molar-refractivity contribution in [3.05, 3.63) is 29.6 Å². The van der Waals surface area contributed by atoms with Crippen LogP contribution >= 0.6 is 0 Å². The lowest BCUT2D eigenvalue weighted by molar-refractivity contribution is 0.0949. The number of rotatable bonds is 4. The van der Waals surface area contributed by atoms with Crippen LogP contribution in [-0.4, -0.2) is 12.5 Å². The van der Waals surface area contributed by atoms with Crippen molar-refractivity contribution in [1.82, 2.24) is 5.32 Å². The van der Waals surface area contributed by atoms with Crippen molar-refractivity contribution in [2.45, 2.75) is 25.7 Å². The first-order valence-electron chi connectivity index (χ1n) is 6.00. The largest absolute Gasteiger partial charge is 0.398 e. The fourth-order valence-electron chi connectivity index (χ4n) is 1.99. The first-order valence-corrected chi connectivity index (χ1v) is 6.00. The van der Waals surface area contributed by atoms with Gasteiger partial charge in [-0.25, -0.2) is 4.39 Å². The number of nitrogens with two attached hydrogens (primary N) is 1. The van der Waals surface area contributed by atoms with E-state index in [0.29, 0.717) is 12.2 Å². The molecule has 0 saturated heterocycles. The molecule has 0 atom stereocenters. The molecule has 1 aromatic carbocycles. The third kappa shape index (κ3) is 2.96. The van der Waals surface area contributed by atoms with Crippen molar-refractivity contribution in [3.63, 3.8) is 0 Å². The van der Waals surface area contributed by atoms with Gasteiger partial charge in [0.25, 0.3) is 5.91 Å². The number of nitrogens with one attached hydrogen (secondary N) is 1. The van der Waals surface area contributed by atoms with E-state index in [9.17, 15) is 9.18 Å². The van der Waals surface area contributed by atoms with Gasteiger partial charge in [0, 0.05) is 12.2 Å². The van der Waals surface area contributed by atoms with E-state index in [1.165, 1.54) is 37.5 Å². The van der Waals surface area contributed by atoms with Crippen LogP contribution in [0.1, 0.15) is 36.0 Å². The molecule has 0 bridgehead atoms. The summed E-state index contributed by atoms with van der Waals surface area (Å²) in [6.45, 7) is 0.638. The lowest BCUT2D eigenvalue weighted by atomic mass is 9.83. The minimum absolute atomic E-state index is 0.221. The zero-order valence-electron chi connectivity index (χ0n) is 9.71. The van der Waals surface area contributed by atoms with Gasteiger partial charge < -0.3 is 11.1 Å². The van der Waals surface area contributed by atoms with Crippen molar-refractivity contribution in [3.8, 4) is 0 Å². The van der Waals surface area contributed by atoms with Crippen molar-refractivity contribution >= 4 is 11.6 Å². The first kappa shape index (κ1) is 11.9. The van der Waals surface area contributed by atoms with E-state index < -0.39 is 5.82 Å². The molecule has 4 heteroatoms. The fourth-order valence-corrected chi connectivity index (χ4v) is 1.99. The van der Waals surface area contributed by atoms with Crippen LogP contribution in [0, 0.1) is 11.7 Å². The van der Waals surface area contributed by atoms with Crippen molar-refractivity contribution < 1.29 is 9.18 Å². The second-order valence-corrected chi connectivity index (χ2v) is 4.57. The van der Waals surface area contributed by atoms with Crippen LogP contribution in [0.2, 0.25) is 0 Å². The van der Waals surface area contributed by atoms with Crippen LogP contribution < -0.4 is 11.1 Å². The molecule has 1 aliphatic rings. The molecular weight excluding hydrogens is 219 g/mol. The summed E-state index contributed by atoms with van der Waals surface area (Å²) in [5.41, 5.74) is 6.17. The summed E-state index contributed by atoms with van der Waals surface area (Å²) in [7, 11) is 0. The summed E-state index contributed by atoms with van der Waals surface area (Å²) in [5, 5.41) is 2.78. The maximum Gasteiger partial charge on any atom is 0.253 e. The molecule has 17 heavy (non-hydrogen) atoms. The number of halogens is 1. The van der Waals surface area contributed by atoms with Crippen LogP contribution in [-0.2, 0) is 0 Å². The van der Waals surface area contributed by atoms with Crippen molar-refractivity contribution in [1.29, 1.82) is 0 Å². The van der Waals surface area contributed by atoms with Gasteiger partial charge in [-0.2, -0.15) is 0 Å². The number of hydrogen-bond donors (Lipinski definition) is 2. The zero-order valence-corrected chi connectivity index (χ0v) is 9.71. The normalized spacial score (nSPS) is 15.4. The van der Waals surface area contributed by atoms with E-state index in [-0.39, 0.29) is 11.5 Å². The highest BCUT2D eigenvalue weighted by Crippen LogP contribution is 2.28. The Labute approximate surface area is 100 Å². The van der Waals surface area contributed by atoms with E-state index in [1.807, 2.05) is 0 Å². The molecule has 92 valence electrons. The lowest BCUT2D eigenvalue weighted by Crippen LogP contribution is -2.28. The fraction of sp³-hybridized carbons (Fsp3) is 0.462. The average Bonchev–Trinajstić information content (AvgIpc) is 2.25. The van der Waals surface area contributed by atoms with Gasteiger partial charge in [0.2, 0.25) is 0 Å². The average molecular weight is 236 g/mol. The maximum atomic E-state index is 13.0. The van der Waals surface area contributed by atoms with E-state index in [4.69, 9.17) is 5.73 Å². The standard InChI is InChI=1S/C13H17FN2O/c14-10-4-5-12(15)11(8-10)13(17)16-7-6-9-2-1-3-9/h4-5,8-9H,1-3,6-7,15H2,(H,16,17). The monoisotopic (exact) mass is 236 g/mol. The number of amides is 1. The summed E-state index contributed by atoms with van der Waals surface area (Å²) in [6, 6.07) is 3.84.